The van der Waals surface area contributed by atoms with Crippen LogP contribution in [0.4, 0.5) is 4.39 Å². The van der Waals surface area contributed by atoms with Crippen LogP contribution in [0.1, 0.15) is 29.4 Å². The minimum absolute atomic E-state index is 0.0744. The number of carbonyl (C=O) groups excluding carboxylic acids is 1. The topological polar surface area (TPSA) is 97.2 Å². The number of nitrogens with zero attached hydrogens (tertiary/aromatic N) is 4. The average Bonchev–Trinajstić information content (AvgIpc) is 3.27. The Kier molecular flexibility index (Phi) is 4.23. The van der Waals surface area contributed by atoms with Gasteiger partial charge in [-0.1, -0.05) is 11.3 Å². The molecule has 0 atom stereocenters. The minimum Gasteiger partial charge on any atom is -0.350 e. The van der Waals surface area contributed by atoms with E-state index < -0.39 is 15.8 Å². The zero-order chi connectivity index (χ0) is 18.3. The summed E-state index contributed by atoms with van der Waals surface area (Å²) in [5, 5.41) is 10.6. The second-order valence-electron chi connectivity index (χ2n) is 6.67. The number of aromatic nitrogens is 3. The van der Waals surface area contributed by atoms with Crippen LogP contribution in [0.25, 0.3) is 0 Å². The summed E-state index contributed by atoms with van der Waals surface area (Å²) in [6.45, 7) is 1.05. The Morgan fingerprint density at radius 3 is 2.77 bits per heavy atom. The van der Waals surface area contributed by atoms with Crippen molar-refractivity contribution in [2.45, 2.75) is 23.8 Å². The third-order valence-electron chi connectivity index (χ3n) is 4.63. The Balaban J connectivity index is 1.38. The number of amides is 1. The number of hydrogen-bond acceptors (Lipinski definition) is 5. The van der Waals surface area contributed by atoms with E-state index in [1.165, 1.54) is 33.4 Å². The van der Waals surface area contributed by atoms with Gasteiger partial charge in [0, 0.05) is 19.6 Å². The van der Waals surface area contributed by atoms with Gasteiger partial charge in [-0.3, -0.25) is 4.79 Å². The summed E-state index contributed by atoms with van der Waals surface area (Å²) < 4.78 is 41.0. The highest BCUT2D eigenvalue weighted by Crippen LogP contribution is 2.29. The second-order valence-corrected chi connectivity index (χ2v) is 8.61. The van der Waals surface area contributed by atoms with E-state index >= 15 is 0 Å². The number of rotatable bonds is 6. The molecule has 1 N–H and O–H groups in total. The Bertz CT molecular complexity index is 935. The van der Waals surface area contributed by atoms with Crippen LogP contribution in [0.3, 0.4) is 0 Å². The van der Waals surface area contributed by atoms with Crippen molar-refractivity contribution in [3.8, 4) is 0 Å². The van der Waals surface area contributed by atoms with Gasteiger partial charge in [0.05, 0.1) is 17.1 Å². The Labute approximate surface area is 150 Å². The maximum absolute atomic E-state index is 13.3. The smallest absolute Gasteiger partial charge is 0.273 e. The predicted octanol–water partition coefficient (Wildman–Crippen LogP) is 0.803. The third kappa shape index (κ3) is 3.34. The van der Waals surface area contributed by atoms with Crippen LogP contribution in [0.2, 0.25) is 0 Å². The molecule has 8 nitrogen and oxygen atoms in total. The second kappa shape index (κ2) is 6.44. The molecule has 0 bridgehead atoms. The van der Waals surface area contributed by atoms with E-state index in [2.05, 4.69) is 15.6 Å². The third-order valence-corrected chi connectivity index (χ3v) is 6.46. The fourth-order valence-corrected chi connectivity index (χ4v) is 4.31. The molecule has 26 heavy (non-hydrogen) atoms. The molecule has 10 heteroatoms. The molecule has 1 amide bonds. The molecule has 2 heterocycles. The molecule has 2 aromatic rings. The first-order valence-electron chi connectivity index (χ1n) is 8.39. The number of halogens is 1. The first kappa shape index (κ1) is 17.1. The number of carbonyl (C=O) groups is 1. The van der Waals surface area contributed by atoms with Gasteiger partial charge in [-0.05, 0) is 37.0 Å². The lowest BCUT2D eigenvalue weighted by Gasteiger charge is -2.37. The van der Waals surface area contributed by atoms with Gasteiger partial charge >= 0.3 is 0 Å². The van der Waals surface area contributed by atoms with Crippen LogP contribution >= 0.6 is 0 Å². The zero-order valence-electron chi connectivity index (χ0n) is 13.9. The summed E-state index contributed by atoms with van der Waals surface area (Å²) in [6.07, 6.45) is 3.81. The lowest BCUT2D eigenvalue weighted by molar-refractivity contribution is 0.0946. The zero-order valence-corrected chi connectivity index (χ0v) is 14.7. The molecular weight excluding hydrogens is 361 g/mol. The van der Waals surface area contributed by atoms with Gasteiger partial charge in [0.1, 0.15) is 5.82 Å². The first-order valence-corrected chi connectivity index (χ1v) is 9.83. The van der Waals surface area contributed by atoms with Gasteiger partial charge in [-0.2, -0.15) is 4.31 Å². The SMILES string of the molecule is O=C(NCC1CC1)c1cn(C2CN(S(=O)(=O)c3cccc(F)c3)C2)nn1. The maximum atomic E-state index is 13.3. The lowest BCUT2D eigenvalue weighted by Crippen LogP contribution is -2.50. The molecular formula is C16H18FN5O3S. The van der Waals surface area contributed by atoms with E-state index in [1.54, 1.807) is 0 Å². The van der Waals surface area contributed by atoms with Gasteiger partial charge in [-0.15, -0.1) is 5.10 Å². The van der Waals surface area contributed by atoms with Crippen LogP contribution in [0.15, 0.2) is 35.4 Å². The van der Waals surface area contributed by atoms with Gasteiger partial charge in [0.25, 0.3) is 5.91 Å². The normalized spacial score (nSPS) is 18.5. The summed E-state index contributed by atoms with van der Waals surface area (Å²) >= 11 is 0. The molecule has 0 radical (unpaired) electrons. The van der Waals surface area contributed by atoms with Crippen molar-refractivity contribution < 1.29 is 17.6 Å². The Morgan fingerprint density at radius 1 is 1.31 bits per heavy atom. The quantitative estimate of drug-likeness (QED) is 0.801. The number of sulfonamides is 1. The summed E-state index contributed by atoms with van der Waals surface area (Å²) in [5.41, 5.74) is 0.220. The van der Waals surface area contributed by atoms with Crippen molar-refractivity contribution in [3.63, 3.8) is 0 Å². The van der Waals surface area contributed by atoms with E-state index in [0.717, 1.165) is 18.9 Å². The fourth-order valence-electron chi connectivity index (χ4n) is 2.77. The van der Waals surface area contributed by atoms with Crippen LogP contribution < -0.4 is 5.32 Å². The highest BCUT2D eigenvalue weighted by molar-refractivity contribution is 7.89. The van der Waals surface area contributed by atoms with Crippen molar-refractivity contribution in [1.82, 2.24) is 24.6 Å². The molecule has 138 valence electrons. The van der Waals surface area contributed by atoms with Crippen molar-refractivity contribution >= 4 is 15.9 Å². The summed E-state index contributed by atoms with van der Waals surface area (Å²) in [6, 6.07) is 4.73. The van der Waals surface area contributed by atoms with Crippen LogP contribution in [-0.4, -0.2) is 53.3 Å². The van der Waals surface area contributed by atoms with E-state index in [-0.39, 0.29) is 35.6 Å². The molecule has 1 aliphatic carbocycles. The Hall–Kier alpha value is -2.33. The molecule has 1 aromatic carbocycles. The molecule has 1 saturated carbocycles. The van der Waals surface area contributed by atoms with Crippen LogP contribution in [0, 0.1) is 11.7 Å². The van der Waals surface area contributed by atoms with Gasteiger partial charge in [-0.25, -0.2) is 17.5 Å². The number of hydrogen-bond donors (Lipinski definition) is 1. The predicted molar refractivity (Wildman–Crippen MR) is 89.3 cm³/mol. The monoisotopic (exact) mass is 379 g/mol. The van der Waals surface area contributed by atoms with E-state index in [4.69, 9.17) is 0 Å². The average molecular weight is 379 g/mol. The van der Waals surface area contributed by atoms with E-state index in [9.17, 15) is 17.6 Å². The van der Waals surface area contributed by atoms with Crippen molar-refractivity contribution in [1.29, 1.82) is 0 Å². The molecule has 2 aliphatic rings. The van der Waals surface area contributed by atoms with E-state index in [0.29, 0.717) is 12.5 Å². The van der Waals surface area contributed by atoms with Crippen LogP contribution in [0.5, 0.6) is 0 Å². The summed E-state index contributed by atoms with van der Waals surface area (Å²) in [5.74, 6) is -0.296. The standard InChI is InChI=1S/C16H18FN5O3S/c17-12-2-1-3-14(6-12)26(24,25)21-8-13(9-21)22-10-15(19-20-22)16(23)18-7-11-4-5-11/h1-3,6,10-11,13H,4-5,7-9H2,(H,18,23). The summed E-state index contributed by atoms with van der Waals surface area (Å²) in [7, 11) is -3.73. The summed E-state index contributed by atoms with van der Waals surface area (Å²) in [4.78, 5) is 11.9. The molecule has 0 spiro atoms. The van der Waals surface area contributed by atoms with Crippen molar-refractivity contribution in [2.75, 3.05) is 19.6 Å². The molecule has 0 unspecified atom stereocenters. The maximum Gasteiger partial charge on any atom is 0.273 e. The highest BCUT2D eigenvalue weighted by Gasteiger charge is 2.38. The number of benzene rings is 1. The van der Waals surface area contributed by atoms with Gasteiger partial charge in [0.15, 0.2) is 5.69 Å². The largest absolute Gasteiger partial charge is 0.350 e. The fraction of sp³-hybridized carbons (Fsp3) is 0.438. The van der Waals surface area contributed by atoms with E-state index in [1.807, 2.05) is 0 Å². The minimum atomic E-state index is -3.73. The molecule has 1 aliphatic heterocycles. The van der Waals surface area contributed by atoms with Crippen LogP contribution in [-0.2, 0) is 10.0 Å². The van der Waals surface area contributed by atoms with Crippen molar-refractivity contribution in [3.05, 3.63) is 42.0 Å². The molecule has 1 saturated heterocycles. The highest BCUT2D eigenvalue weighted by atomic mass is 32.2. The Morgan fingerprint density at radius 2 is 2.08 bits per heavy atom. The van der Waals surface area contributed by atoms with Gasteiger partial charge < -0.3 is 5.32 Å². The molecule has 2 fully saturated rings. The van der Waals surface area contributed by atoms with Crippen molar-refractivity contribution in [2.24, 2.45) is 5.92 Å². The lowest BCUT2D eigenvalue weighted by atomic mass is 10.2. The molecule has 4 rings (SSSR count). The first-order chi connectivity index (χ1) is 12.4. The number of nitrogens with one attached hydrogen (secondary N) is 1. The molecule has 1 aromatic heterocycles. The van der Waals surface area contributed by atoms with Gasteiger partial charge in [0.2, 0.25) is 10.0 Å².